The van der Waals surface area contributed by atoms with E-state index in [1.54, 1.807) is 74.1 Å². The van der Waals surface area contributed by atoms with Gasteiger partial charge in [0.1, 0.15) is 17.3 Å². The van der Waals surface area contributed by atoms with Crippen LogP contribution in [-0.2, 0) is 9.59 Å². The maximum atomic E-state index is 13.2. The van der Waals surface area contributed by atoms with Gasteiger partial charge >= 0.3 is 0 Å². The van der Waals surface area contributed by atoms with Crippen molar-refractivity contribution in [2.75, 3.05) is 18.6 Å². The average Bonchev–Trinajstić information content (AvgIpc) is 3.11. The Morgan fingerprint density at radius 1 is 1.09 bits per heavy atom. The number of nitrogens with zero attached hydrogens (tertiary/aromatic N) is 2. The van der Waals surface area contributed by atoms with Crippen LogP contribution in [0.5, 0.6) is 11.5 Å². The van der Waals surface area contributed by atoms with E-state index in [4.69, 9.17) is 21.1 Å². The standard InChI is InChI=1S/C25H21ClN2O5/c1-3-33-20-14-16(4-9-19(20)26)23(29)21-22(15-10-12-27-13-11-15)28(25(31)24(21)30)17-5-7-18(32-2)8-6-17/h4-14,22,29H,3H2,1-2H3/b23-21-. The third-order valence-corrected chi connectivity index (χ3v) is 5.63. The Morgan fingerprint density at radius 3 is 2.42 bits per heavy atom. The van der Waals surface area contributed by atoms with E-state index in [1.165, 1.54) is 4.90 Å². The van der Waals surface area contributed by atoms with Crippen LogP contribution in [-0.4, -0.2) is 35.5 Å². The number of rotatable bonds is 6. The third kappa shape index (κ3) is 4.15. The molecule has 1 aliphatic rings. The molecule has 4 rings (SSSR count). The Hall–Kier alpha value is -3.84. The predicted molar refractivity (Wildman–Crippen MR) is 125 cm³/mol. The molecule has 2 aromatic carbocycles. The summed E-state index contributed by atoms with van der Waals surface area (Å²) in [6.45, 7) is 2.19. The second-order valence-corrected chi connectivity index (χ2v) is 7.63. The first-order chi connectivity index (χ1) is 16.0. The number of anilines is 1. The molecule has 33 heavy (non-hydrogen) atoms. The van der Waals surface area contributed by atoms with Gasteiger partial charge in [0.05, 0.1) is 30.4 Å². The summed E-state index contributed by atoms with van der Waals surface area (Å²) in [5.74, 6) is -0.877. The van der Waals surface area contributed by atoms with Crippen molar-refractivity contribution >= 4 is 34.7 Å². The topological polar surface area (TPSA) is 89.0 Å². The number of amides is 1. The second-order valence-electron chi connectivity index (χ2n) is 7.23. The molecule has 1 N–H and O–H groups in total. The fraction of sp³-hybridized carbons (Fsp3) is 0.160. The van der Waals surface area contributed by atoms with E-state index in [2.05, 4.69) is 4.98 Å². The molecule has 2 heterocycles. The van der Waals surface area contributed by atoms with Gasteiger partial charge in [-0.1, -0.05) is 11.6 Å². The summed E-state index contributed by atoms with van der Waals surface area (Å²) >= 11 is 6.17. The Bertz CT molecular complexity index is 1230. The lowest BCUT2D eigenvalue weighted by atomic mass is 9.95. The number of halogens is 1. The van der Waals surface area contributed by atoms with Gasteiger partial charge in [0.2, 0.25) is 0 Å². The zero-order valence-electron chi connectivity index (χ0n) is 18.0. The second kappa shape index (κ2) is 9.34. The molecule has 0 bridgehead atoms. The number of hydrogen-bond acceptors (Lipinski definition) is 6. The minimum atomic E-state index is -0.854. The molecule has 1 fully saturated rings. The number of carbonyl (C=O) groups excluding carboxylic acids is 2. The van der Waals surface area contributed by atoms with Crippen molar-refractivity contribution in [3.63, 3.8) is 0 Å². The van der Waals surface area contributed by atoms with Crippen molar-refractivity contribution in [3.8, 4) is 11.5 Å². The van der Waals surface area contributed by atoms with Crippen LogP contribution in [0.25, 0.3) is 5.76 Å². The number of aliphatic hydroxyl groups is 1. The summed E-state index contributed by atoms with van der Waals surface area (Å²) in [7, 11) is 1.54. The van der Waals surface area contributed by atoms with Crippen LogP contribution >= 0.6 is 11.6 Å². The smallest absolute Gasteiger partial charge is 0.300 e. The first kappa shape index (κ1) is 22.4. The van der Waals surface area contributed by atoms with Crippen LogP contribution in [0.4, 0.5) is 5.69 Å². The third-order valence-electron chi connectivity index (χ3n) is 5.32. The predicted octanol–water partition coefficient (Wildman–Crippen LogP) is 4.77. The van der Waals surface area contributed by atoms with E-state index in [0.29, 0.717) is 39.9 Å². The number of ketones is 1. The number of pyridine rings is 1. The van der Waals surface area contributed by atoms with Crippen molar-refractivity contribution in [2.24, 2.45) is 0 Å². The van der Waals surface area contributed by atoms with E-state index >= 15 is 0 Å². The number of Topliss-reactive ketones (excluding diaryl/α,β-unsaturated/α-hetero) is 1. The summed E-state index contributed by atoms with van der Waals surface area (Å²) in [5.41, 5.74) is 1.40. The van der Waals surface area contributed by atoms with E-state index in [-0.39, 0.29) is 11.3 Å². The zero-order chi connectivity index (χ0) is 23.5. The number of aliphatic hydroxyl groups excluding tert-OH is 1. The molecule has 1 amide bonds. The van der Waals surface area contributed by atoms with Crippen LogP contribution in [0.2, 0.25) is 5.02 Å². The fourth-order valence-corrected chi connectivity index (χ4v) is 3.95. The summed E-state index contributed by atoms with van der Waals surface area (Å²) in [6, 6.07) is 14.0. The molecule has 1 aliphatic heterocycles. The van der Waals surface area contributed by atoms with Gasteiger partial charge in [-0.3, -0.25) is 19.5 Å². The Morgan fingerprint density at radius 2 is 1.79 bits per heavy atom. The van der Waals surface area contributed by atoms with Crippen molar-refractivity contribution < 1.29 is 24.2 Å². The molecule has 1 saturated heterocycles. The summed E-state index contributed by atoms with van der Waals surface area (Å²) < 4.78 is 10.7. The molecule has 0 spiro atoms. The van der Waals surface area contributed by atoms with Crippen LogP contribution in [0.15, 0.2) is 72.6 Å². The first-order valence-corrected chi connectivity index (χ1v) is 10.6. The SMILES string of the molecule is CCOc1cc(/C(O)=C2/C(=O)C(=O)N(c3ccc(OC)cc3)C2c2ccncc2)ccc1Cl. The number of ether oxygens (including phenoxy) is 2. The van der Waals surface area contributed by atoms with Gasteiger partial charge in [-0.05, 0) is 67.1 Å². The summed E-state index contributed by atoms with van der Waals surface area (Å²) in [4.78, 5) is 31.7. The van der Waals surface area contributed by atoms with Crippen molar-refractivity contribution in [2.45, 2.75) is 13.0 Å². The van der Waals surface area contributed by atoms with Crippen LogP contribution < -0.4 is 14.4 Å². The molecule has 7 nitrogen and oxygen atoms in total. The van der Waals surface area contributed by atoms with Gasteiger partial charge in [-0.2, -0.15) is 0 Å². The summed E-state index contributed by atoms with van der Waals surface area (Å²) in [5, 5.41) is 11.6. The minimum Gasteiger partial charge on any atom is -0.507 e. The zero-order valence-corrected chi connectivity index (χ0v) is 18.7. The van der Waals surface area contributed by atoms with Crippen molar-refractivity contribution in [3.05, 3.63) is 88.7 Å². The highest BCUT2D eigenvalue weighted by atomic mass is 35.5. The molecule has 1 atom stereocenters. The largest absolute Gasteiger partial charge is 0.507 e. The van der Waals surface area contributed by atoms with Gasteiger partial charge in [-0.25, -0.2) is 0 Å². The molecule has 168 valence electrons. The molecule has 0 radical (unpaired) electrons. The highest BCUT2D eigenvalue weighted by Gasteiger charge is 2.47. The van der Waals surface area contributed by atoms with E-state index in [9.17, 15) is 14.7 Å². The summed E-state index contributed by atoms with van der Waals surface area (Å²) in [6.07, 6.45) is 3.14. The van der Waals surface area contributed by atoms with Crippen molar-refractivity contribution in [1.29, 1.82) is 0 Å². The van der Waals surface area contributed by atoms with Gasteiger partial charge in [0.15, 0.2) is 0 Å². The lowest BCUT2D eigenvalue weighted by molar-refractivity contribution is -0.132. The normalized spacial score (nSPS) is 17.3. The molecule has 1 aromatic heterocycles. The Labute approximate surface area is 195 Å². The molecule has 8 heteroatoms. The first-order valence-electron chi connectivity index (χ1n) is 10.2. The van der Waals surface area contributed by atoms with Crippen LogP contribution in [0, 0.1) is 0 Å². The Balaban J connectivity index is 1.90. The maximum absolute atomic E-state index is 13.2. The van der Waals surface area contributed by atoms with Gasteiger partial charge in [-0.15, -0.1) is 0 Å². The number of aromatic nitrogens is 1. The molecular weight excluding hydrogens is 444 g/mol. The number of carbonyl (C=O) groups is 2. The highest BCUT2D eigenvalue weighted by molar-refractivity contribution is 6.51. The average molecular weight is 465 g/mol. The van der Waals surface area contributed by atoms with E-state index < -0.39 is 17.7 Å². The number of hydrogen-bond donors (Lipinski definition) is 1. The molecule has 3 aromatic rings. The van der Waals surface area contributed by atoms with Gasteiger partial charge < -0.3 is 14.6 Å². The fourth-order valence-electron chi connectivity index (χ4n) is 3.78. The van der Waals surface area contributed by atoms with E-state index in [0.717, 1.165) is 0 Å². The highest BCUT2D eigenvalue weighted by Crippen LogP contribution is 2.42. The maximum Gasteiger partial charge on any atom is 0.300 e. The monoisotopic (exact) mass is 464 g/mol. The molecule has 0 aliphatic carbocycles. The number of methoxy groups -OCH3 is 1. The number of benzene rings is 2. The molecule has 1 unspecified atom stereocenters. The van der Waals surface area contributed by atoms with Gasteiger partial charge in [0.25, 0.3) is 11.7 Å². The van der Waals surface area contributed by atoms with Crippen LogP contribution in [0.3, 0.4) is 0 Å². The van der Waals surface area contributed by atoms with Crippen molar-refractivity contribution in [1.82, 2.24) is 4.98 Å². The minimum absolute atomic E-state index is 0.0354. The molecular formula is C25H21ClN2O5. The van der Waals surface area contributed by atoms with Crippen LogP contribution in [0.1, 0.15) is 24.1 Å². The van der Waals surface area contributed by atoms with E-state index in [1.807, 2.05) is 6.92 Å². The lowest BCUT2D eigenvalue weighted by Gasteiger charge is -2.25. The van der Waals surface area contributed by atoms with Gasteiger partial charge in [0, 0.05) is 23.6 Å². The lowest BCUT2D eigenvalue weighted by Crippen LogP contribution is -2.29. The Kier molecular flexibility index (Phi) is 6.33. The molecule has 0 saturated carbocycles. The quantitative estimate of drug-likeness (QED) is 0.321.